The van der Waals surface area contributed by atoms with E-state index in [9.17, 15) is 20.4 Å². The van der Waals surface area contributed by atoms with Crippen molar-refractivity contribution in [1.82, 2.24) is 0 Å². The Bertz CT molecular complexity index is 1330. The summed E-state index contributed by atoms with van der Waals surface area (Å²) in [5, 5.41) is 38.8. The molecule has 4 N–H and O–H groups in total. The van der Waals surface area contributed by atoms with Crippen molar-refractivity contribution >= 4 is 11.6 Å². The number of hydrogen-bond acceptors (Lipinski definition) is 6. The normalized spacial score (nSPS) is 10.2. The fraction of sp³-hybridized carbons (Fsp3) is 0.250. The molecule has 4 aromatic rings. The van der Waals surface area contributed by atoms with E-state index in [-0.39, 0.29) is 0 Å². The molecule has 0 aromatic heterocycles. The summed E-state index contributed by atoms with van der Waals surface area (Å²) in [7, 11) is 0. The highest BCUT2D eigenvalue weighted by Crippen LogP contribution is 2.35. The molecule has 0 saturated carbocycles. The minimum absolute atomic E-state index is 0.324. The molecule has 0 aliphatic carbocycles. The molecule has 7 heteroatoms. The van der Waals surface area contributed by atoms with Crippen LogP contribution in [0, 0.1) is 55.4 Å². The Morgan fingerprint density at radius 1 is 0.359 bits per heavy atom. The standard InChI is InChI=1S/2C16H18O2.O2S/c2*1-9-7-15(17)11(3)5-13(9)14-6-12(4)16(18)8-10(14)2;1-3-2/h2*5-8,17-18H,1-4H3;. The minimum atomic E-state index is -0.750. The van der Waals surface area contributed by atoms with Gasteiger partial charge in [-0.05, 0) is 171 Å². The van der Waals surface area contributed by atoms with E-state index >= 15 is 0 Å². The number of phenols is 4. The molecule has 0 radical (unpaired) electrons. The summed E-state index contributed by atoms with van der Waals surface area (Å²) >= 11 is -0.750. The third-order valence-electron chi connectivity index (χ3n) is 6.75. The van der Waals surface area contributed by atoms with E-state index in [0.29, 0.717) is 23.0 Å². The van der Waals surface area contributed by atoms with Crippen LogP contribution in [-0.2, 0) is 11.6 Å². The van der Waals surface area contributed by atoms with Gasteiger partial charge < -0.3 is 20.4 Å². The summed E-state index contributed by atoms with van der Waals surface area (Å²) in [5.41, 5.74) is 12.0. The first kappa shape index (κ1) is 31.1. The van der Waals surface area contributed by atoms with Crippen molar-refractivity contribution in [2.45, 2.75) is 55.4 Å². The van der Waals surface area contributed by atoms with E-state index in [4.69, 9.17) is 8.42 Å². The zero-order valence-corrected chi connectivity index (χ0v) is 24.4. The van der Waals surface area contributed by atoms with Crippen LogP contribution in [0.5, 0.6) is 23.0 Å². The third-order valence-corrected chi connectivity index (χ3v) is 6.75. The maximum atomic E-state index is 9.70. The largest absolute Gasteiger partial charge is 0.508 e. The van der Waals surface area contributed by atoms with Crippen molar-refractivity contribution in [2.75, 3.05) is 0 Å². The quantitative estimate of drug-likeness (QED) is 0.209. The molecule has 6 nitrogen and oxygen atoms in total. The number of benzene rings is 4. The second kappa shape index (κ2) is 13.1. The van der Waals surface area contributed by atoms with Gasteiger partial charge in [0.25, 0.3) is 0 Å². The molecular formula is C32H36O6S. The predicted molar refractivity (Wildman–Crippen MR) is 157 cm³/mol. The highest BCUT2D eigenvalue weighted by Gasteiger charge is 2.12. The zero-order valence-electron chi connectivity index (χ0n) is 23.6. The van der Waals surface area contributed by atoms with E-state index in [1.54, 1.807) is 24.3 Å². The van der Waals surface area contributed by atoms with Crippen LogP contribution in [0.3, 0.4) is 0 Å². The van der Waals surface area contributed by atoms with Crippen LogP contribution in [0.4, 0.5) is 0 Å². The molecule has 0 saturated heterocycles. The van der Waals surface area contributed by atoms with Gasteiger partial charge in [-0.3, -0.25) is 0 Å². The second-order valence-corrected chi connectivity index (χ2v) is 10.0. The van der Waals surface area contributed by atoms with Crippen LogP contribution < -0.4 is 0 Å². The smallest absolute Gasteiger partial charge is 0.335 e. The Kier molecular flexibility index (Phi) is 10.5. The topological polar surface area (TPSA) is 115 Å². The second-order valence-electron chi connectivity index (χ2n) is 9.88. The fourth-order valence-electron chi connectivity index (χ4n) is 4.36. The number of aryl methyl sites for hydroxylation is 8. The fourth-order valence-corrected chi connectivity index (χ4v) is 4.36. The van der Waals surface area contributed by atoms with Gasteiger partial charge in [0.15, 0.2) is 0 Å². The number of aromatic hydroxyl groups is 4. The molecule has 0 atom stereocenters. The van der Waals surface area contributed by atoms with Gasteiger partial charge in [0.05, 0.1) is 0 Å². The van der Waals surface area contributed by atoms with Gasteiger partial charge >= 0.3 is 11.6 Å². The zero-order chi connectivity index (χ0) is 29.6. The SMILES string of the molecule is Cc1cc(-c2cc(C)c(O)cc2C)c(C)cc1O.Cc1cc(-c2cc(C)c(O)cc2C)c(C)cc1O.O=S=O. The summed E-state index contributed by atoms with van der Waals surface area (Å²) in [6.45, 7) is 15.5. The first-order valence-corrected chi connectivity index (χ1v) is 13.0. The predicted octanol–water partition coefficient (Wildman–Crippen LogP) is 7.33. The number of phenolic OH excluding ortho intramolecular Hbond substituents is 4. The van der Waals surface area contributed by atoms with E-state index in [0.717, 1.165) is 66.8 Å². The van der Waals surface area contributed by atoms with Gasteiger partial charge in [0, 0.05) is 0 Å². The van der Waals surface area contributed by atoms with Crippen LogP contribution in [0.25, 0.3) is 22.3 Å². The van der Waals surface area contributed by atoms with Gasteiger partial charge in [0.1, 0.15) is 23.0 Å². The van der Waals surface area contributed by atoms with E-state index in [1.165, 1.54) is 0 Å². The van der Waals surface area contributed by atoms with Crippen LogP contribution in [0.15, 0.2) is 48.5 Å². The summed E-state index contributed by atoms with van der Waals surface area (Å²) in [6.07, 6.45) is 0. The lowest BCUT2D eigenvalue weighted by Crippen LogP contribution is -1.90. The van der Waals surface area contributed by atoms with Crippen molar-refractivity contribution < 1.29 is 28.8 Å². The Morgan fingerprint density at radius 3 is 0.667 bits per heavy atom. The summed E-state index contributed by atoms with van der Waals surface area (Å²) in [5.74, 6) is 1.29. The lowest BCUT2D eigenvalue weighted by atomic mass is 9.93. The highest BCUT2D eigenvalue weighted by molar-refractivity contribution is 7.51. The minimum Gasteiger partial charge on any atom is -0.508 e. The summed E-state index contributed by atoms with van der Waals surface area (Å²) < 4.78 is 16.6. The maximum absolute atomic E-state index is 9.70. The Hall–Kier alpha value is -4.10. The van der Waals surface area contributed by atoms with Crippen molar-refractivity contribution in [2.24, 2.45) is 0 Å². The average Bonchev–Trinajstić information content (AvgIpc) is 2.85. The molecule has 0 amide bonds. The Balaban J connectivity index is 0.000000249. The van der Waals surface area contributed by atoms with Crippen molar-refractivity contribution in [1.29, 1.82) is 0 Å². The number of hydrogen-bond donors (Lipinski definition) is 4. The van der Waals surface area contributed by atoms with Crippen molar-refractivity contribution in [3.8, 4) is 45.3 Å². The van der Waals surface area contributed by atoms with Gasteiger partial charge in [0.2, 0.25) is 0 Å². The monoisotopic (exact) mass is 548 g/mol. The third kappa shape index (κ3) is 7.48. The maximum Gasteiger partial charge on any atom is 0.335 e. The lowest BCUT2D eigenvalue weighted by Gasteiger charge is -2.13. The Labute approximate surface area is 233 Å². The van der Waals surface area contributed by atoms with Crippen LogP contribution in [0.2, 0.25) is 0 Å². The van der Waals surface area contributed by atoms with E-state index < -0.39 is 11.6 Å². The molecule has 0 aliphatic heterocycles. The average molecular weight is 549 g/mol. The van der Waals surface area contributed by atoms with Gasteiger partial charge in [-0.1, -0.05) is 0 Å². The summed E-state index contributed by atoms with van der Waals surface area (Å²) in [6, 6.07) is 15.1. The van der Waals surface area contributed by atoms with Crippen LogP contribution >= 0.6 is 0 Å². The Morgan fingerprint density at radius 2 is 0.513 bits per heavy atom. The molecule has 39 heavy (non-hydrogen) atoms. The van der Waals surface area contributed by atoms with Crippen molar-refractivity contribution in [3.05, 3.63) is 93.0 Å². The number of rotatable bonds is 2. The van der Waals surface area contributed by atoms with Crippen LogP contribution in [-0.4, -0.2) is 28.8 Å². The molecule has 206 valence electrons. The molecule has 0 bridgehead atoms. The lowest BCUT2D eigenvalue weighted by molar-refractivity contribution is 0.470. The molecule has 0 spiro atoms. The van der Waals surface area contributed by atoms with Gasteiger partial charge in [-0.2, -0.15) is 8.42 Å². The van der Waals surface area contributed by atoms with Gasteiger partial charge in [-0.15, -0.1) is 0 Å². The highest BCUT2D eigenvalue weighted by atomic mass is 32.1. The molecule has 4 aromatic carbocycles. The molecule has 0 heterocycles. The van der Waals surface area contributed by atoms with E-state index in [1.807, 2.05) is 79.7 Å². The van der Waals surface area contributed by atoms with Gasteiger partial charge in [-0.25, -0.2) is 0 Å². The first-order valence-electron chi connectivity index (χ1n) is 12.3. The van der Waals surface area contributed by atoms with Crippen molar-refractivity contribution in [3.63, 3.8) is 0 Å². The molecular weight excluding hydrogens is 512 g/mol. The molecule has 4 rings (SSSR count). The summed E-state index contributed by atoms with van der Waals surface area (Å²) in [4.78, 5) is 0. The molecule has 0 unspecified atom stereocenters. The molecule has 0 fully saturated rings. The van der Waals surface area contributed by atoms with E-state index in [2.05, 4.69) is 0 Å². The first-order chi connectivity index (χ1) is 18.2. The van der Waals surface area contributed by atoms with Crippen LogP contribution in [0.1, 0.15) is 44.5 Å². The molecule has 0 aliphatic rings.